The van der Waals surface area contributed by atoms with E-state index >= 15 is 0 Å². The molecular weight excluding hydrogens is 210 g/mol. The van der Waals surface area contributed by atoms with Crippen molar-refractivity contribution in [2.45, 2.75) is 50.7 Å². The maximum Gasteiger partial charge on any atom is 0.119 e. The molecule has 0 saturated heterocycles. The van der Waals surface area contributed by atoms with Gasteiger partial charge in [-0.1, -0.05) is 12.1 Å². The smallest absolute Gasteiger partial charge is 0.119 e. The van der Waals surface area contributed by atoms with E-state index in [-0.39, 0.29) is 0 Å². The summed E-state index contributed by atoms with van der Waals surface area (Å²) < 4.78 is 5.73. The summed E-state index contributed by atoms with van der Waals surface area (Å²) in [4.78, 5) is 0. The summed E-state index contributed by atoms with van der Waals surface area (Å²) in [6.07, 6.45) is 7.83. The molecule has 1 aromatic carbocycles. The predicted molar refractivity (Wildman–Crippen MR) is 69.1 cm³/mol. The minimum Gasteiger partial charge on any atom is -0.490 e. The van der Waals surface area contributed by atoms with Crippen molar-refractivity contribution in [3.05, 3.63) is 29.8 Å². The molecule has 17 heavy (non-hydrogen) atoms. The van der Waals surface area contributed by atoms with Crippen LogP contribution in [0.4, 0.5) is 0 Å². The molecule has 2 aliphatic rings. The van der Waals surface area contributed by atoms with Crippen molar-refractivity contribution in [3.8, 4) is 5.75 Å². The van der Waals surface area contributed by atoms with Gasteiger partial charge in [0.25, 0.3) is 0 Å². The normalized spacial score (nSPS) is 21.2. The first-order valence-electron chi connectivity index (χ1n) is 6.82. The van der Waals surface area contributed by atoms with Crippen molar-refractivity contribution in [2.75, 3.05) is 0 Å². The number of rotatable bonds is 6. The first-order chi connectivity index (χ1) is 8.31. The molecule has 0 spiro atoms. The molecule has 0 radical (unpaired) electrons. The maximum absolute atomic E-state index is 6.11. The van der Waals surface area contributed by atoms with Crippen LogP contribution >= 0.6 is 0 Å². The zero-order chi connectivity index (χ0) is 11.7. The molecular formula is C15H21NO. The number of nitrogens with two attached hydrogens (primary N) is 1. The van der Waals surface area contributed by atoms with Crippen LogP contribution in [-0.2, 0) is 6.42 Å². The van der Waals surface area contributed by atoms with E-state index in [1.807, 2.05) is 0 Å². The summed E-state index contributed by atoms with van der Waals surface area (Å²) in [5, 5.41) is 0. The van der Waals surface area contributed by atoms with Gasteiger partial charge in [0.2, 0.25) is 0 Å². The van der Waals surface area contributed by atoms with Crippen LogP contribution in [0.2, 0.25) is 0 Å². The van der Waals surface area contributed by atoms with Gasteiger partial charge in [0.1, 0.15) is 5.75 Å². The fraction of sp³-hybridized carbons (Fsp3) is 0.600. The molecule has 0 aliphatic heterocycles. The average Bonchev–Trinajstić information content (AvgIpc) is 3.20. The molecule has 2 heteroatoms. The Morgan fingerprint density at radius 1 is 1.12 bits per heavy atom. The van der Waals surface area contributed by atoms with E-state index in [2.05, 4.69) is 24.3 Å². The molecule has 2 fully saturated rings. The van der Waals surface area contributed by atoms with Gasteiger partial charge in [-0.25, -0.2) is 0 Å². The zero-order valence-corrected chi connectivity index (χ0v) is 10.3. The van der Waals surface area contributed by atoms with Crippen molar-refractivity contribution in [2.24, 2.45) is 11.7 Å². The zero-order valence-electron chi connectivity index (χ0n) is 10.3. The predicted octanol–water partition coefficient (Wildman–Crippen LogP) is 2.90. The summed E-state index contributed by atoms with van der Waals surface area (Å²) in [5.41, 5.74) is 7.49. The lowest BCUT2D eigenvalue weighted by Crippen LogP contribution is -2.22. The molecule has 1 atom stereocenters. The third kappa shape index (κ3) is 3.22. The van der Waals surface area contributed by atoms with E-state index < -0.39 is 0 Å². The van der Waals surface area contributed by atoms with E-state index in [1.54, 1.807) is 0 Å². The molecule has 0 amide bonds. The van der Waals surface area contributed by atoms with E-state index in [0.29, 0.717) is 12.1 Å². The summed E-state index contributed by atoms with van der Waals surface area (Å²) in [6, 6.07) is 8.96. The summed E-state index contributed by atoms with van der Waals surface area (Å²) in [7, 11) is 0. The molecule has 2 nitrogen and oxygen atoms in total. The Balaban J connectivity index is 1.48. The molecule has 0 heterocycles. The first kappa shape index (κ1) is 11.1. The standard InChI is InChI=1S/C15H21NO/c16-15(12-4-5-12)10-3-11-1-6-13(7-2-11)17-14-8-9-14/h1-2,6-7,12,14-15H,3-5,8-10,16H2. The lowest BCUT2D eigenvalue weighted by atomic mass is 10.0. The van der Waals surface area contributed by atoms with Gasteiger partial charge in [-0.2, -0.15) is 0 Å². The van der Waals surface area contributed by atoms with Crippen molar-refractivity contribution in [1.82, 2.24) is 0 Å². The van der Waals surface area contributed by atoms with Crippen LogP contribution in [-0.4, -0.2) is 12.1 Å². The Bertz CT molecular complexity index is 365. The van der Waals surface area contributed by atoms with Gasteiger partial charge >= 0.3 is 0 Å². The van der Waals surface area contributed by atoms with Gasteiger partial charge in [-0.15, -0.1) is 0 Å². The van der Waals surface area contributed by atoms with Gasteiger partial charge in [-0.3, -0.25) is 0 Å². The van der Waals surface area contributed by atoms with Crippen molar-refractivity contribution in [1.29, 1.82) is 0 Å². The van der Waals surface area contributed by atoms with E-state index in [9.17, 15) is 0 Å². The molecule has 1 aromatic rings. The lowest BCUT2D eigenvalue weighted by molar-refractivity contribution is 0.303. The van der Waals surface area contributed by atoms with Gasteiger partial charge in [0, 0.05) is 6.04 Å². The molecule has 2 N–H and O–H groups in total. The van der Waals surface area contributed by atoms with Crippen molar-refractivity contribution >= 4 is 0 Å². The fourth-order valence-corrected chi connectivity index (χ4v) is 2.21. The largest absolute Gasteiger partial charge is 0.490 e. The third-order valence-electron chi connectivity index (χ3n) is 3.74. The number of aryl methyl sites for hydroxylation is 1. The first-order valence-corrected chi connectivity index (χ1v) is 6.82. The van der Waals surface area contributed by atoms with Crippen LogP contribution in [0.5, 0.6) is 5.75 Å². The number of hydrogen-bond acceptors (Lipinski definition) is 2. The lowest BCUT2D eigenvalue weighted by Gasteiger charge is -2.10. The molecule has 0 bridgehead atoms. The monoisotopic (exact) mass is 231 g/mol. The van der Waals surface area contributed by atoms with Crippen LogP contribution in [0, 0.1) is 5.92 Å². The van der Waals surface area contributed by atoms with E-state index in [4.69, 9.17) is 10.5 Å². The number of ether oxygens (including phenoxy) is 1. The maximum atomic E-state index is 6.11. The SMILES string of the molecule is NC(CCc1ccc(OC2CC2)cc1)C1CC1. The van der Waals surface area contributed by atoms with Gasteiger partial charge in [-0.05, 0) is 62.1 Å². The van der Waals surface area contributed by atoms with Crippen LogP contribution < -0.4 is 10.5 Å². The van der Waals surface area contributed by atoms with E-state index in [1.165, 1.54) is 31.2 Å². The molecule has 3 rings (SSSR count). The Morgan fingerprint density at radius 2 is 1.82 bits per heavy atom. The van der Waals surface area contributed by atoms with Crippen LogP contribution in [0.25, 0.3) is 0 Å². The number of hydrogen-bond donors (Lipinski definition) is 1. The second kappa shape index (κ2) is 4.69. The minimum atomic E-state index is 0.414. The highest BCUT2D eigenvalue weighted by Crippen LogP contribution is 2.33. The Labute approximate surface area is 103 Å². The second-order valence-corrected chi connectivity index (χ2v) is 5.50. The molecule has 2 aliphatic carbocycles. The topological polar surface area (TPSA) is 35.2 Å². The molecule has 0 aromatic heterocycles. The van der Waals surface area contributed by atoms with Crippen LogP contribution in [0.1, 0.15) is 37.7 Å². The highest BCUT2D eigenvalue weighted by molar-refractivity contribution is 5.28. The third-order valence-corrected chi connectivity index (χ3v) is 3.74. The summed E-state index contributed by atoms with van der Waals surface area (Å²) in [5.74, 6) is 1.83. The van der Waals surface area contributed by atoms with Gasteiger partial charge in [0.15, 0.2) is 0 Å². The Morgan fingerprint density at radius 3 is 2.41 bits per heavy atom. The van der Waals surface area contributed by atoms with Crippen molar-refractivity contribution in [3.63, 3.8) is 0 Å². The quantitative estimate of drug-likeness (QED) is 0.817. The van der Waals surface area contributed by atoms with E-state index in [0.717, 1.165) is 24.5 Å². The summed E-state index contributed by atoms with van der Waals surface area (Å²) in [6.45, 7) is 0. The molecule has 2 saturated carbocycles. The summed E-state index contributed by atoms with van der Waals surface area (Å²) >= 11 is 0. The highest BCUT2D eigenvalue weighted by atomic mass is 16.5. The second-order valence-electron chi connectivity index (χ2n) is 5.50. The minimum absolute atomic E-state index is 0.414. The molecule has 92 valence electrons. The van der Waals surface area contributed by atoms with Crippen LogP contribution in [0.3, 0.4) is 0 Å². The van der Waals surface area contributed by atoms with Gasteiger partial charge in [0.05, 0.1) is 6.10 Å². The molecule has 1 unspecified atom stereocenters. The van der Waals surface area contributed by atoms with Gasteiger partial charge < -0.3 is 10.5 Å². The fourth-order valence-electron chi connectivity index (χ4n) is 2.21. The van der Waals surface area contributed by atoms with Crippen LogP contribution in [0.15, 0.2) is 24.3 Å². The Kier molecular flexibility index (Phi) is 3.06. The van der Waals surface area contributed by atoms with Crippen molar-refractivity contribution < 1.29 is 4.74 Å². The Hall–Kier alpha value is -1.02. The average molecular weight is 231 g/mol. The highest BCUT2D eigenvalue weighted by Gasteiger charge is 2.27. The number of benzene rings is 1.